The number of nitro groups is 1. The molecule has 2 rings (SSSR count). The van der Waals surface area contributed by atoms with E-state index in [0.717, 1.165) is 16.6 Å². The molecule has 0 aliphatic carbocycles. The summed E-state index contributed by atoms with van der Waals surface area (Å²) in [6.07, 6.45) is 3.68. The molecule has 0 saturated carbocycles. The molecule has 22 heavy (non-hydrogen) atoms. The second-order valence-corrected chi connectivity index (χ2v) is 5.43. The molecule has 116 valence electrons. The number of phenolic OH excluding ortho intramolecular Hbond substituents is 1. The average molecular weight is 369 g/mol. The van der Waals surface area contributed by atoms with Gasteiger partial charge >= 0.3 is 0 Å². The largest absolute Gasteiger partial charge is 0.506 e. The van der Waals surface area contributed by atoms with Crippen molar-refractivity contribution in [1.29, 1.82) is 0 Å². The summed E-state index contributed by atoms with van der Waals surface area (Å²) in [6.45, 7) is 1.81. The van der Waals surface area contributed by atoms with Crippen LogP contribution < -0.4 is 5.32 Å². The lowest BCUT2D eigenvalue weighted by Gasteiger charge is -2.16. The van der Waals surface area contributed by atoms with E-state index < -0.39 is 16.9 Å². The number of aromatic hydroxyl groups is 1. The first-order chi connectivity index (χ1) is 10.4. The molecule has 2 N–H and O–H groups in total. The highest BCUT2D eigenvalue weighted by atomic mass is 79.9. The monoisotopic (exact) mass is 368 g/mol. The number of amides is 1. The van der Waals surface area contributed by atoms with Crippen LogP contribution >= 0.6 is 15.9 Å². The molecule has 1 unspecified atom stereocenters. The van der Waals surface area contributed by atoms with Crippen LogP contribution in [0, 0.1) is 10.1 Å². The fraction of sp³-hybridized carbons (Fsp3) is 0.231. The van der Waals surface area contributed by atoms with Crippen molar-refractivity contribution in [1.82, 2.24) is 9.78 Å². The van der Waals surface area contributed by atoms with Crippen LogP contribution in [-0.4, -0.2) is 25.7 Å². The van der Waals surface area contributed by atoms with E-state index in [2.05, 4.69) is 26.3 Å². The lowest BCUT2D eigenvalue weighted by Crippen LogP contribution is -2.26. The van der Waals surface area contributed by atoms with Gasteiger partial charge in [0.1, 0.15) is 11.8 Å². The Morgan fingerprint density at radius 2 is 2.32 bits per heavy atom. The number of rotatable bonds is 5. The molecule has 1 aromatic heterocycles. The van der Waals surface area contributed by atoms with E-state index in [1.54, 1.807) is 12.4 Å². The summed E-state index contributed by atoms with van der Waals surface area (Å²) in [5.41, 5.74) is -0.230. The molecule has 0 spiro atoms. The number of benzene rings is 1. The number of nitro benzene ring substituents is 1. The van der Waals surface area contributed by atoms with Gasteiger partial charge in [-0.05, 0) is 28.4 Å². The summed E-state index contributed by atoms with van der Waals surface area (Å²) >= 11 is 3.25. The number of aromatic nitrogens is 2. The summed E-state index contributed by atoms with van der Waals surface area (Å²) in [5.74, 6) is -0.663. The van der Waals surface area contributed by atoms with Crippen LogP contribution in [0.5, 0.6) is 5.75 Å². The Hall–Kier alpha value is -2.42. The molecule has 8 nitrogen and oxygen atoms in total. The highest BCUT2D eigenvalue weighted by molar-refractivity contribution is 9.10. The van der Waals surface area contributed by atoms with E-state index in [4.69, 9.17) is 0 Å². The van der Waals surface area contributed by atoms with Gasteiger partial charge < -0.3 is 10.4 Å². The van der Waals surface area contributed by atoms with Gasteiger partial charge in [-0.2, -0.15) is 5.10 Å². The van der Waals surface area contributed by atoms with Crippen LogP contribution in [0.25, 0.3) is 0 Å². The molecule has 0 aliphatic heterocycles. The smallest absolute Gasteiger partial charge is 0.271 e. The van der Waals surface area contributed by atoms with Gasteiger partial charge in [0.05, 0.1) is 21.3 Å². The van der Waals surface area contributed by atoms with Gasteiger partial charge in [0.15, 0.2) is 0 Å². The predicted molar refractivity (Wildman–Crippen MR) is 82.6 cm³/mol. The SMILES string of the molecule is CCC(C(=O)Nc1cc([N+](=O)[O-])ccc1O)n1cc(Br)cn1. The average Bonchev–Trinajstić information content (AvgIpc) is 2.88. The number of hydrogen-bond acceptors (Lipinski definition) is 5. The van der Waals surface area contributed by atoms with E-state index in [0.29, 0.717) is 6.42 Å². The number of carbonyl (C=O) groups excluding carboxylic acids is 1. The summed E-state index contributed by atoms with van der Waals surface area (Å²) in [4.78, 5) is 22.5. The van der Waals surface area contributed by atoms with Gasteiger partial charge in [-0.3, -0.25) is 19.6 Å². The first-order valence-corrected chi connectivity index (χ1v) is 7.19. The van der Waals surface area contributed by atoms with Crippen molar-refractivity contribution < 1.29 is 14.8 Å². The maximum atomic E-state index is 12.3. The zero-order chi connectivity index (χ0) is 16.3. The first kappa shape index (κ1) is 16.0. The second-order valence-electron chi connectivity index (χ2n) is 4.51. The third-order valence-electron chi connectivity index (χ3n) is 3.03. The zero-order valence-corrected chi connectivity index (χ0v) is 13.1. The maximum Gasteiger partial charge on any atom is 0.271 e. The quantitative estimate of drug-likeness (QED) is 0.478. The maximum absolute atomic E-state index is 12.3. The topological polar surface area (TPSA) is 110 Å². The molecule has 0 aliphatic rings. The molecule has 1 atom stereocenters. The van der Waals surface area contributed by atoms with Gasteiger partial charge in [-0.15, -0.1) is 0 Å². The Morgan fingerprint density at radius 3 is 2.86 bits per heavy atom. The number of anilines is 1. The standard InChI is InChI=1S/C13H13BrN4O4/c1-2-11(17-7-8(14)6-15-17)13(20)16-10-5-9(18(21)22)3-4-12(10)19/h3-7,11,19H,2H2,1H3,(H,16,20). The Balaban J connectivity index is 2.23. The third-order valence-corrected chi connectivity index (χ3v) is 3.44. The Kier molecular flexibility index (Phi) is 4.76. The van der Waals surface area contributed by atoms with Crippen molar-refractivity contribution >= 4 is 33.2 Å². The highest BCUT2D eigenvalue weighted by Crippen LogP contribution is 2.29. The summed E-state index contributed by atoms with van der Waals surface area (Å²) in [7, 11) is 0. The number of halogens is 1. The predicted octanol–water partition coefficient (Wildman–Crippen LogP) is 2.85. The van der Waals surface area contributed by atoms with Crippen LogP contribution in [0.15, 0.2) is 35.1 Å². The Labute approximate surface area is 134 Å². The molecule has 0 fully saturated rings. The van der Waals surface area contributed by atoms with Crippen molar-refractivity contribution in [3.63, 3.8) is 0 Å². The molecule has 0 bridgehead atoms. The molecule has 0 saturated heterocycles. The minimum Gasteiger partial charge on any atom is -0.506 e. The number of phenols is 1. The number of hydrogen-bond donors (Lipinski definition) is 2. The molecule has 2 aromatic rings. The first-order valence-electron chi connectivity index (χ1n) is 6.40. The number of carbonyl (C=O) groups is 1. The second kappa shape index (κ2) is 6.56. The third kappa shape index (κ3) is 3.42. The van der Waals surface area contributed by atoms with Crippen LogP contribution in [-0.2, 0) is 4.79 Å². The molecule has 1 aromatic carbocycles. The van der Waals surface area contributed by atoms with E-state index >= 15 is 0 Å². The molecule has 0 radical (unpaired) electrons. The molecule has 1 heterocycles. The summed E-state index contributed by atoms with van der Waals surface area (Å²) < 4.78 is 2.21. The van der Waals surface area contributed by atoms with Crippen molar-refractivity contribution in [2.45, 2.75) is 19.4 Å². The van der Waals surface area contributed by atoms with E-state index in [1.807, 2.05) is 6.92 Å². The Bertz CT molecular complexity index is 716. The van der Waals surface area contributed by atoms with Crippen LogP contribution in [0.3, 0.4) is 0 Å². The summed E-state index contributed by atoms with van der Waals surface area (Å²) in [6, 6.07) is 2.84. The number of nitrogens with one attached hydrogen (secondary N) is 1. The lowest BCUT2D eigenvalue weighted by atomic mass is 10.2. The van der Waals surface area contributed by atoms with Gasteiger partial charge in [0.2, 0.25) is 5.91 Å². The highest BCUT2D eigenvalue weighted by Gasteiger charge is 2.21. The minimum absolute atomic E-state index is 0.0103. The van der Waals surface area contributed by atoms with Crippen LogP contribution in [0.1, 0.15) is 19.4 Å². The number of nitrogens with zero attached hydrogens (tertiary/aromatic N) is 3. The summed E-state index contributed by atoms with van der Waals surface area (Å²) in [5, 5.41) is 27.0. The molecular formula is C13H13BrN4O4. The van der Waals surface area contributed by atoms with Crippen molar-refractivity contribution in [3.8, 4) is 5.75 Å². The van der Waals surface area contributed by atoms with Crippen molar-refractivity contribution in [2.75, 3.05) is 5.32 Å². The Morgan fingerprint density at radius 1 is 1.59 bits per heavy atom. The van der Waals surface area contributed by atoms with E-state index in [1.165, 1.54) is 10.7 Å². The fourth-order valence-electron chi connectivity index (χ4n) is 1.93. The van der Waals surface area contributed by atoms with Gasteiger partial charge in [0.25, 0.3) is 5.69 Å². The van der Waals surface area contributed by atoms with E-state index in [-0.39, 0.29) is 17.1 Å². The minimum atomic E-state index is -0.600. The molecule has 9 heteroatoms. The lowest BCUT2D eigenvalue weighted by molar-refractivity contribution is -0.384. The number of non-ortho nitro benzene ring substituents is 1. The van der Waals surface area contributed by atoms with Gasteiger partial charge in [-0.1, -0.05) is 6.92 Å². The fourth-order valence-corrected chi connectivity index (χ4v) is 2.23. The van der Waals surface area contributed by atoms with Crippen molar-refractivity contribution in [3.05, 3.63) is 45.2 Å². The van der Waals surface area contributed by atoms with E-state index in [9.17, 15) is 20.0 Å². The normalized spacial score (nSPS) is 11.9. The zero-order valence-electron chi connectivity index (χ0n) is 11.6. The van der Waals surface area contributed by atoms with Crippen LogP contribution in [0.2, 0.25) is 0 Å². The van der Waals surface area contributed by atoms with Crippen LogP contribution in [0.4, 0.5) is 11.4 Å². The van der Waals surface area contributed by atoms with Crippen molar-refractivity contribution in [2.24, 2.45) is 0 Å². The van der Waals surface area contributed by atoms with Gasteiger partial charge in [-0.25, -0.2) is 0 Å². The van der Waals surface area contributed by atoms with Gasteiger partial charge in [0, 0.05) is 18.3 Å². The molecular weight excluding hydrogens is 356 g/mol. The molecule has 1 amide bonds.